The second-order valence-corrected chi connectivity index (χ2v) is 3.17. The molecule has 0 atom stereocenters. The van der Waals surface area contributed by atoms with E-state index in [0.29, 0.717) is 30.4 Å². The Balaban J connectivity index is 3.05. The summed E-state index contributed by atoms with van der Waals surface area (Å²) in [6.45, 7) is 0.0709. The molecule has 0 radical (unpaired) electrons. The van der Waals surface area contributed by atoms with E-state index in [2.05, 4.69) is 0 Å². The summed E-state index contributed by atoms with van der Waals surface area (Å²) in [6, 6.07) is 2.99. The van der Waals surface area contributed by atoms with Gasteiger partial charge in [0.2, 0.25) is 0 Å². The average Bonchev–Trinajstić information content (AvgIpc) is 2.26. The fourth-order valence-corrected chi connectivity index (χ4v) is 1.39. The van der Waals surface area contributed by atoms with E-state index in [1.807, 2.05) is 0 Å². The molecule has 0 spiro atoms. The third-order valence-corrected chi connectivity index (χ3v) is 2.17. The highest BCUT2D eigenvalue weighted by molar-refractivity contribution is 5.79. The van der Waals surface area contributed by atoms with Crippen molar-refractivity contribution >= 4 is 6.29 Å². The Morgan fingerprint density at radius 1 is 1.47 bits per heavy atom. The van der Waals surface area contributed by atoms with Gasteiger partial charge in [0.25, 0.3) is 0 Å². The van der Waals surface area contributed by atoms with Crippen molar-refractivity contribution in [2.45, 2.75) is 12.8 Å². The van der Waals surface area contributed by atoms with Crippen LogP contribution in [0.1, 0.15) is 22.3 Å². The number of aryl methyl sites for hydroxylation is 1. The second-order valence-electron chi connectivity index (χ2n) is 3.17. The number of aliphatic hydroxyl groups excluding tert-OH is 1. The maximum absolute atomic E-state index is 10.7. The van der Waals surface area contributed by atoms with Gasteiger partial charge in [-0.05, 0) is 30.5 Å². The molecule has 0 aliphatic carbocycles. The molecule has 1 aromatic rings. The van der Waals surface area contributed by atoms with Crippen LogP contribution in [0.3, 0.4) is 0 Å². The number of hydrogen-bond donors (Lipinski definition) is 2. The lowest BCUT2D eigenvalue weighted by atomic mass is 10.0. The largest absolute Gasteiger partial charge is 0.504 e. The second kappa shape index (κ2) is 5.36. The van der Waals surface area contributed by atoms with E-state index >= 15 is 0 Å². The number of benzene rings is 1. The number of methoxy groups -OCH3 is 1. The molecule has 0 aliphatic heterocycles. The van der Waals surface area contributed by atoms with Crippen LogP contribution in [0.15, 0.2) is 12.1 Å². The van der Waals surface area contributed by atoms with Crippen molar-refractivity contribution in [3.05, 3.63) is 23.3 Å². The Morgan fingerprint density at radius 3 is 2.73 bits per heavy atom. The molecule has 2 N–H and O–H groups in total. The molecule has 0 saturated carbocycles. The number of aliphatic hydroxyl groups is 1. The fourth-order valence-electron chi connectivity index (χ4n) is 1.39. The summed E-state index contributed by atoms with van der Waals surface area (Å²) in [5.74, 6) is 0.292. The quantitative estimate of drug-likeness (QED) is 0.715. The van der Waals surface area contributed by atoms with Crippen molar-refractivity contribution in [2.24, 2.45) is 0 Å². The Hall–Kier alpha value is -1.55. The smallest absolute Gasteiger partial charge is 0.160 e. The highest BCUT2D eigenvalue weighted by Gasteiger charge is 2.08. The molecule has 1 aromatic carbocycles. The average molecular weight is 210 g/mol. The highest BCUT2D eigenvalue weighted by atomic mass is 16.5. The van der Waals surface area contributed by atoms with Gasteiger partial charge in [0.15, 0.2) is 11.5 Å². The molecule has 0 saturated heterocycles. The van der Waals surface area contributed by atoms with Crippen molar-refractivity contribution in [1.82, 2.24) is 0 Å². The predicted octanol–water partition coefficient (Wildman–Crippen LogP) is 1.14. The van der Waals surface area contributed by atoms with Gasteiger partial charge < -0.3 is 14.9 Å². The van der Waals surface area contributed by atoms with Gasteiger partial charge in [-0.25, -0.2) is 0 Å². The number of hydrogen-bond acceptors (Lipinski definition) is 4. The van der Waals surface area contributed by atoms with E-state index in [1.54, 1.807) is 6.07 Å². The molecule has 82 valence electrons. The standard InChI is InChI=1S/C11H14O4/c1-15-11-6-8(3-2-4-12)9(7-13)5-10(11)14/h5-7,12,14H,2-4H2,1H3. The van der Waals surface area contributed by atoms with Crippen LogP contribution in [0.5, 0.6) is 11.5 Å². The van der Waals surface area contributed by atoms with E-state index in [-0.39, 0.29) is 12.4 Å². The van der Waals surface area contributed by atoms with Crippen LogP contribution in [0, 0.1) is 0 Å². The molecule has 4 heteroatoms. The molecule has 0 bridgehead atoms. The van der Waals surface area contributed by atoms with Crippen LogP contribution in [-0.2, 0) is 6.42 Å². The number of carbonyl (C=O) groups excluding carboxylic acids is 1. The summed E-state index contributed by atoms with van der Waals surface area (Å²) >= 11 is 0. The summed E-state index contributed by atoms with van der Waals surface area (Å²) in [5, 5.41) is 18.1. The number of aldehydes is 1. The van der Waals surface area contributed by atoms with Gasteiger partial charge >= 0.3 is 0 Å². The molecule has 0 heterocycles. The van der Waals surface area contributed by atoms with Gasteiger partial charge in [-0.3, -0.25) is 4.79 Å². The highest BCUT2D eigenvalue weighted by Crippen LogP contribution is 2.29. The predicted molar refractivity (Wildman–Crippen MR) is 55.5 cm³/mol. The van der Waals surface area contributed by atoms with Crippen molar-refractivity contribution in [1.29, 1.82) is 0 Å². The summed E-state index contributed by atoms with van der Waals surface area (Å²) in [4.78, 5) is 10.7. The van der Waals surface area contributed by atoms with Crippen LogP contribution in [-0.4, -0.2) is 30.2 Å². The zero-order chi connectivity index (χ0) is 11.3. The first-order valence-corrected chi connectivity index (χ1v) is 4.68. The van der Waals surface area contributed by atoms with Gasteiger partial charge in [0.1, 0.15) is 6.29 Å². The number of phenolic OH excluding ortho intramolecular Hbond substituents is 1. The van der Waals surface area contributed by atoms with E-state index in [0.717, 1.165) is 5.56 Å². The summed E-state index contributed by atoms with van der Waals surface area (Å²) < 4.78 is 4.94. The minimum atomic E-state index is -0.0488. The molecule has 1 rings (SSSR count). The van der Waals surface area contributed by atoms with Crippen LogP contribution in [0.2, 0.25) is 0 Å². The molecule has 4 nitrogen and oxygen atoms in total. The molecule has 0 fully saturated rings. The zero-order valence-electron chi connectivity index (χ0n) is 8.56. The van der Waals surface area contributed by atoms with Gasteiger partial charge in [-0.1, -0.05) is 0 Å². The third-order valence-electron chi connectivity index (χ3n) is 2.17. The van der Waals surface area contributed by atoms with E-state index in [1.165, 1.54) is 13.2 Å². The van der Waals surface area contributed by atoms with Crippen molar-refractivity contribution in [3.8, 4) is 11.5 Å². The van der Waals surface area contributed by atoms with Crippen LogP contribution in [0.25, 0.3) is 0 Å². The van der Waals surface area contributed by atoms with Crippen LogP contribution < -0.4 is 4.74 Å². The first kappa shape index (κ1) is 11.5. The molecule has 0 aliphatic rings. The SMILES string of the molecule is COc1cc(CCCO)c(C=O)cc1O. The topological polar surface area (TPSA) is 66.8 Å². The molecule has 0 unspecified atom stereocenters. The Kier molecular flexibility index (Phi) is 4.12. The lowest BCUT2D eigenvalue weighted by Gasteiger charge is -2.08. The first-order valence-electron chi connectivity index (χ1n) is 4.68. The molecule has 15 heavy (non-hydrogen) atoms. The number of ether oxygens (including phenoxy) is 1. The Morgan fingerprint density at radius 2 is 2.20 bits per heavy atom. The minimum Gasteiger partial charge on any atom is -0.504 e. The van der Waals surface area contributed by atoms with Crippen molar-refractivity contribution in [2.75, 3.05) is 13.7 Å². The monoisotopic (exact) mass is 210 g/mol. The van der Waals surface area contributed by atoms with Crippen molar-refractivity contribution in [3.63, 3.8) is 0 Å². The zero-order valence-corrected chi connectivity index (χ0v) is 8.56. The molecular formula is C11H14O4. The van der Waals surface area contributed by atoms with Gasteiger partial charge in [0.05, 0.1) is 7.11 Å². The third kappa shape index (κ3) is 2.70. The van der Waals surface area contributed by atoms with Crippen LogP contribution in [0.4, 0.5) is 0 Å². The van der Waals surface area contributed by atoms with E-state index < -0.39 is 0 Å². The molecular weight excluding hydrogens is 196 g/mol. The molecule has 0 amide bonds. The van der Waals surface area contributed by atoms with E-state index in [9.17, 15) is 9.90 Å². The van der Waals surface area contributed by atoms with E-state index in [4.69, 9.17) is 9.84 Å². The summed E-state index contributed by atoms with van der Waals surface area (Å²) in [6.07, 6.45) is 1.85. The summed E-state index contributed by atoms with van der Waals surface area (Å²) in [7, 11) is 1.45. The Bertz CT molecular complexity index is 347. The fraction of sp³-hybridized carbons (Fsp3) is 0.364. The number of rotatable bonds is 5. The lowest BCUT2D eigenvalue weighted by molar-refractivity contribution is 0.112. The minimum absolute atomic E-state index is 0.0488. The van der Waals surface area contributed by atoms with Gasteiger partial charge in [0, 0.05) is 12.2 Å². The maximum atomic E-state index is 10.7. The first-order chi connectivity index (χ1) is 7.22. The Labute approximate surface area is 88.1 Å². The lowest BCUT2D eigenvalue weighted by Crippen LogP contribution is -1.97. The number of aromatic hydroxyl groups is 1. The maximum Gasteiger partial charge on any atom is 0.160 e. The van der Waals surface area contributed by atoms with Crippen molar-refractivity contribution < 1.29 is 19.7 Å². The normalized spacial score (nSPS) is 10.0. The van der Waals surface area contributed by atoms with Gasteiger partial charge in [-0.2, -0.15) is 0 Å². The number of carbonyl (C=O) groups is 1. The molecule has 0 aromatic heterocycles. The van der Waals surface area contributed by atoms with Gasteiger partial charge in [-0.15, -0.1) is 0 Å². The number of phenols is 1. The van der Waals surface area contributed by atoms with Crippen LogP contribution >= 0.6 is 0 Å². The summed E-state index contributed by atoms with van der Waals surface area (Å²) in [5.41, 5.74) is 1.20.